The second-order valence-corrected chi connectivity index (χ2v) is 9.15. The molecular formula is C24H22Cl2N4O2S. The third-order valence-corrected chi connectivity index (χ3v) is 6.50. The standard InChI is InChI=1S/C24H22Cl2N4O2S/c1-3-30-22(13-32-21-9-8-16-6-4-5-7-20(16)15(21)2)28-29-24(30)33-14-23(31)27-19-11-17(25)10-18(26)12-19/h4-12H,3,13-14H2,1-2H3,(H,27,31). The van der Waals surface area contributed by atoms with Crippen LogP contribution in [-0.4, -0.2) is 26.4 Å². The van der Waals surface area contributed by atoms with Crippen molar-refractivity contribution in [2.75, 3.05) is 11.1 Å². The zero-order chi connectivity index (χ0) is 23.4. The lowest BCUT2D eigenvalue weighted by Crippen LogP contribution is -2.15. The minimum Gasteiger partial charge on any atom is -0.485 e. The summed E-state index contributed by atoms with van der Waals surface area (Å²) in [6.45, 7) is 5.01. The summed E-state index contributed by atoms with van der Waals surface area (Å²) in [7, 11) is 0. The zero-order valence-corrected chi connectivity index (χ0v) is 20.5. The van der Waals surface area contributed by atoms with E-state index in [-0.39, 0.29) is 18.3 Å². The van der Waals surface area contributed by atoms with Gasteiger partial charge in [-0.3, -0.25) is 4.79 Å². The molecule has 0 radical (unpaired) electrons. The van der Waals surface area contributed by atoms with Crippen LogP contribution < -0.4 is 10.1 Å². The first kappa shape index (κ1) is 23.4. The van der Waals surface area contributed by atoms with Crippen LogP contribution in [-0.2, 0) is 17.9 Å². The van der Waals surface area contributed by atoms with Gasteiger partial charge in [-0.05, 0) is 54.4 Å². The van der Waals surface area contributed by atoms with E-state index in [1.165, 1.54) is 17.1 Å². The molecule has 6 nitrogen and oxygen atoms in total. The molecule has 1 heterocycles. The van der Waals surface area contributed by atoms with Gasteiger partial charge in [0.05, 0.1) is 5.75 Å². The molecule has 0 unspecified atom stereocenters. The number of carbonyl (C=O) groups is 1. The average molecular weight is 501 g/mol. The molecule has 1 N–H and O–H groups in total. The fourth-order valence-electron chi connectivity index (χ4n) is 3.51. The number of aromatic nitrogens is 3. The Hall–Kier alpha value is -2.74. The van der Waals surface area contributed by atoms with E-state index in [2.05, 4.69) is 40.6 Å². The third-order valence-electron chi connectivity index (χ3n) is 5.09. The fraction of sp³-hybridized carbons (Fsp3) is 0.208. The first-order valence-corrected chi connectivity index (χ1v) is 12.1. The number of ether oxygens (including phenoxy) is 1. The van der Waals surface area contributed by atoms with Crippen molar-refractivity contribution in [2.24, 2.45) is 0 Å². The van der Waals surface area contributed by atoms with Crippen LogP contribution in [0.1, 0.15) is 18.3 Å². The molecule has 9 heteroatoms. The molecule has 170 valence electrons. The maximum atomic E-state index is 12.4. The van der Waals surface area contributed by atoms with Gasteiger partial charge in [-0.15, -0.1) is 10.2 Å². The van der Waals surface area contributed by atoms with Crippen LogP contribution in [0.2, 0.25) is 10.0 Å². The lowest BCUT2D eigenvalue weighted by Gasteiger charge is -2.12. The highest BCUT2D eigenvalue weighted by atomic mass is 35.5. The summed E-state index contributed by atoms with van der Waals surface area (Å²) < 4.78 is 8.03. The molecular weight excluding hydrogens is 479 g/mol. The summed E-state index contributed by atoms with van der Waals surface area (Å²) in [5.41, 5.74) is 1.64. The van der Waals surface area contributed by atoms with E-state index in [0.29, 0.717) is 33.3 Å². The average Bonchev–Trinajstić information content (AvgIpc) is 3.18. The number of anilines is 1. The summed E-state index contributed by atoms with van der Waals surface area (Å²) in [5.74, 6) is 1.50. The summed E-state index contributed by atoms with van der Waals surface area (Å²) in [4.78, 5) is 12.4. The molecule has 0 saturated heterocycles. The molecule has 33 heavy (non-hydrogen) atoms. The van der Waals surface area contributed by atoms with Gasteiger partial charge in [-0.1, -0.05) is 65.3 Å². The summed E-state index contributed by atoms with van der Waals surface area (Å²) in [5, 5.41) is 15.2. The number of thioether (sulfide) groups is 1. The lowest BCUT2D eigenvalue weighted by molar-refractivity contribution is -0.113. The number of nitrogens with one attached hydrogen (secondary N) is 1. The Kier molecular flexibility index (Phi) is 7.42. The van der Waals surface area contributed by atoms with Gasteiger partial charge in [0.2, 0.25) is 5.91 Å². The Labute approximate surface area is 206 Å². The zero-order valence-electron chi connectivity index (χ0n) is 18.1. The van der Waals surface area contributed by atoms with Crippen LogP contribution in [0.15, 0.2) is 59.8 Å². The molecule has 0 aliphatic rings. The van der Waals surface area contributed by atoms with Crippen LogP contribution in [0.4, 0.5) is 5.69 Å². The topological polar surface area (TPSA) is 69.0 Å². The number of carbonyl (C=O) groups excluding carboxylic acids is 1. The van der Waals surface area contributed by atoms with Crippen LogP contribution in [0.25, 0.3) is 10.8 Å². The van der Waals surface area contributed by atoms with Gasteiger partial charge in [0, 0.05) is 22.3 Å². The SMILES string of the molecule is CCn1c(COc2ccc3ccccc3c2C)nnc1SCC(=O)Nc1cc(Cl)cc(Cl)c1. The fourth-order valence-corrected chi connectivity index (χ4v) is 4.86. The summed E-state index contributed by atoms with van der Waals surface area (Å²) in [6, 6.07) is 17.2. The van der Waals surface area contributed by atoms with E-state index in [0.717, 1.165) is 16.7 Å². The van der Waals surface area contributed by atoms with Gasteiger partial charge in [-0.2, -0.15) is 0 Å². The molecule has 0 fully saturated rings. The molecule has 1 amide bonds. The largest absolute Gasteiger partial charge is 0.485 e. The number of hydrogen-bond donors (Lipinski definition) is 1. The summed E-state index contributed by atoms with van der Waals surface area (Å²) in [6.07, 6.45) is 0. The van der Waals surface area contributed by atoms with E-state index in [1.54, 1.807) is 18.2 Å². The maximum absolute atomic E-state index is 12.4. The number of nitrogens with zero attached hydrogens (tertiary/aromatic N) is 3. The molecule has 0 saturated carbocycles. The van der Waals surface area contributed by atoms with E-state index in [1.807, 2.05) is 29.7 Å². The third kappa shape index (κ3) is 5.61. The van der Waals surface area contributed by atoms with Crippen LogP contribution in [0.3, 0.4) is 0 Å². The molecule has 0 aliphatic carbocycles. The number of amides is 1. The minimum atomic E-state index is -0.187. The normalized spacial score (nSPS) is 11.0. The van der Waals surface area contributed by atoms with Gasteiger partial charge < -0.3 is 14.6 Å². The van der Waals surface area contributed by atoms with Gasteiger partial charge in [0.15, 0.2) is 11.0 Å². The lowest BCUT2D eigenvalue weighted by atomic mass is 10.0. The predicted molar refractivity (Wildman–Crippen MR) is 135 cm³/mol. The monoisotopic (exact) mass is 500 g/mol. The quantitative estimate of drug-likeness (QED) is 0.284. The molecule has 1 aromatic heterocycles. The van der Waals surface area contributed by atoms with Crippen molar-refractivity contribution in [3.8, 4) is 5.75 Å². The predicted octanol–water partition coefficient (Wildman–Crippen LogP) is 6.38. The molecule has 4 aromatic rings. The molecule has 3 aromatic carbocycles. The summed E-state index contributed by atoms with van der Waals surface area (Å²) >= 11 is 13.3. The van der Waals surface area contributed by atoms with Crippen LogP contribution in [0, 0.1) is 6.92 Å². The van der Waals surface area contributed by atoms with Crippen molar-refractivity contribution in [2.45, 2.75) is 32.2 Å². The van der Waals surface area contributed by atoms with E-state index in [9.17, 15) is 4.79 Å². The first-order valence-electron chi connectivity index (χ1n) is 10.4. The van der Waals surface area contributed by atoms with Gasteiger partial charge in [-0.25, -0.2) is 0 Å². The number of benzene rings is 3. The van der Waals surface area contributed by atoms with Gasteiger partial charge >= 0.3 is 0 Å². The second-order valence-electron chi connectivity index (χ2n) is 7.34. The number of hydrogen-bond acceptors (Lipinski definition) is 5. The number of aryl methyl sites for hydroxylation is 1. The second kappa shape index (κ2) is 10.5. The van der Waals surface area contributed by atoms with Crippen molar-refractivity contribution < 1.29 is 9.53 Å². The van der Waals surface area contributed by atoms with Crippen molar-refractivity contribution in [1.29, 1.82) is 0 Å². The first-order chi connectivity index (χ1) is 15.9. The number of rotatable bonds is 8. The van der Waals surface area contributed by atoms with Crippen LogP contribution in [0.5, 0.6) is 5.75 Å². The van der Waals surface area contributed by atoms with Crippen molar-refractivity contribution in [3.05, 3.63) is 76.0 Å². The number of fused-ring (bicyclic) bond motifs is 1. The molecule has 0 bridgehead atoms. The van der Waals surface area contributed by atoms with Crippen molar-refractivity contribution in [3.63, 3.8) is 0 Å². The van der Waals surface area contributed by atoms with E-state index < -0.39 is 0 Å². The van der Waals surface area contributed by atoms with E-state index >= 15 is 0 Å². The van der Waals surface area contributed by atoms with Gasteiger partial charge in [0.1, 0.15) is 12.4 Å². The Balaban J connectivity index is 1.40. The Morgan fingerprint density at radius 3 is 2.61 bits per heavy atom. The molecule has 0 atom stereocenters. The van der Waals surface area contributed by atoms with Crippen LogP contribution >= 0.6 is 35.0 Å². The highest BCUT2D eigenvalue weighted by Gasteiger charge is 2.15. The van der Waals surface area contributed by atoms with Crippen molar-refractivity contribution >= 4 is 57.3 Å². The van der Waals surface area contributed by atoms with Gasteiger partial charge in [0.25, 0.3) is 0 Å². The van der Waals surface area contributed by atoms with Crippen molar-refractivity contribution in [1.82, 2.24) is 14.8 Å². The maximum Gasteiger partial charge on any atom is 0.234 e. The Morgan fingerprint density at radius 2 is 1.85 bits per heavy atom. The molecule has 0 spiro atoms. The minimum absolute atomic E-state index is 0.174. The smallest absolute Gasteiger partial charge is 0.234 e. The van der Waals surface area contributed by atoms with E-state index in [4.69, 9.17) is 27.9 Å². The highest BCUT2D eigenvalue weighted by Crippen LogP contribution is 2.28. The molecule has 4 rings (SSSR count). The number of halogens is 2. The molecule has 0 aliphatic heterocycles. The highest BCUT2D eigenvalue weighted by molar-refractivity contribution is 7.99. The Bertz CT molecular complexity index is 1290. The Morgan fingerprint density at radius 1 is 1.09 bits per heavy atom.